The van der Waals surface area contributed by atoms with Gasteiger partial charge in [0.2, 0.25) is 5.82 Å². The van der Waals surface area contributed by atoms with Crippen LogP contribution in [0.25, 0.3) is 11.3 Å². The van der Waals surface area contributed by atoms with Gasteiger partial charge in [0.15, 0.2) is 0 Å². The van der Waals surface area contributed by atoms with Gasteiger partial charge in [-0.15, -0.1) is 0 Å². The molecule has 0 aliphatic heterocycles. The molecule has 21 heavy (non-hydrogen) atoms. The van der Waals surface area contributed by atoms with E-state index in [1.807, 2.05) is 0 Å². The SMILES string of the molecule is Cc1c(-c2cc([N+](=O)[O-])c(F)cc2F)ncnc1C(F)F. The van der Waals surface area contributed by atoms with Crippen molar-refractivity contribution in [2.45, 2.75) is 13.3 Å². The highest BCUT2D eigenvalue weighted by Gasteiger charge is 2.23. The molecule has 0 radical (unpaired) electrons. The average Bonchev–Trinajstić information content (AvgIpc) is 2.39. The van der Waals surface area contributed by atoms with Crippen molar-refractivity contribution in [1.29, 1.82) is 0 Å². The summed E-state index contributed by atoms with van der Waals surface area (Å²) in [6, 6.07) is 0.937. The van der Waals surface area contributed by atoms with E-state index < -0.39 is 39.9 Å². The van der Waals surface area contributed by atoms with E-state index in [4.69, 9.17) is 0 Å². The van der Waals surface area contributed by atoms with E-state index >= 15 is 0 Å². The number of rotatable bonds is 3. The largest absolute Gasteiger partial charge is 0.305 e. The lowest BCUT2D eigenvalue weighted by atomic mass is 10.0. The van der Waals surface area contributed by atoms with Crippen LogP contribution < -0.4 is 0 Å². The van der Waals surface area contributed by atoms with Crippen LogP contribution in [0.2, 0.25) is 0 Å². The van der Waals surface area contributed by atoms with Crippen molar-refractivity contribution >= 4 is 5.69 Å². The molecule has 0 amide bonds. The highest BCUT2D eigenvalue weighted by Crippen LogP contribution is 2.32. The summed E-state index contributed by atoms with van der Waals surface area (Å²) in [7, 11) is 0. The normalized spacial score (nSPS) is 11.0. The maximum atomic E-state index is 13.8. The van der Waals surface area contributed by atoms with E-state index in [9.17, 15) is 27.7 Å². The zero-order valence-corrected chi connectivity index (χ0v) is 10.5. The van der Waals surface area contributed by atoms with Gasteiger partial charge in [0.05, 0.1) is 10.6 Å². The molecule has 2 rings (SSSR count). The third kappa shape index (κ3) is 2.67. The Bertz CT molecular complexity index is 722. The third-order valence-electron chi connectivity index (χ3n) is 2.82. The first kappa shape index (κ1) is 14.8. The lowest BCUT2D eigenvalue weighted by Crippen LogP contribution is -2.02. The zero-order chi connectivity index (χ0) is 15.7. The van der Waals surface area contributed by atoms with Gasteiger partial charge in [-0.1, -0.05) is 0 Å². The van der Waals surface area contributed by atoms with E-state index in [1.165, 1.54) is 6.92 Å². The minimum atomic E-state index is -2.91. The second kappa shape index (κ2) is 5.43. The Morgan fingerprint density at radius 1 is 1.19 bits per heavy atom. The Morgan fingerprint density at radius 3 is 2.43 bits per heavy atom. The summed E-state index contributed by atoms with van der Waals surface area (Å²) in [6.07, 6.45) is -2.12. The first-order valence-corrected chi connectivity index (χ1v) is 5.56. The number of alkyl halides is 2. The second-order valence-electron chi connectivity index (χ2n) is 4.07. The number of hydrogen-bond acceptors (Lipinski definition) is 4. The van der Waals surface area contributed by atoms with Gasteiger partial charge in [-0.05, 0) is 6.92 Å². The van der Waals surface area contributed by atoms with Gasteiger partial charge in [0, 0.05) is 23.3 Å². The van der Waals surface area contributed by atoms with Crippen molar-refractivity contribution in [2.75, 3.05) is 0 Å². The van der Waals surface area contributed by atoms with E-state index in [1.54, 1.807) is 0 Å². The summed E-state index contributed by atoms with van der Waals surface area (Å²) in [6.45, 7) is 1.23. The van der Waals surface area contributed by atoms with E-state index in [2.05, 4.69) is 9.97 Å². The van der Waals surface area contributed by atoms with Gasteiger partial charge < -0.3 is 0 Å². The van der Waals surface area contributed by atoms with Crippen LogP contribution in [-0.4, -0.2) is 14.9 Å². The summed E-state index contributed by atoms with van der Waals surface area (Å²) >= 11 is 0. The molecule has 1 aromatic heterocycles. The van der Waals surface area contributed by atoms with E-state index in [-0.39, 0.29) is 11.3 Å². The topological polar surface area (TPSA) is 68.9 Å². The van der Waals surface area contributed by atoms with Crippen LogP contribution in [0, 0.1) is 28.7 Å². The molecule has 0 spiro atoms. The molecule has 110 valence electrons. The highest BCUT2D eigenvalue weighted by atomic mass is 19.3. The summed E-state index contributed by atoms with van der Waals surface area (Å²) in [5, 5.41) is 10.7. The molecule has 0 atom stereocenters. The Kier molecular flexibility index (Phi) is 3.83. The van der Waals surface area contributed by atoms with E-state index in [0.717, 1.165) is 6.33 Å². The molecule has 0 fully saturated rings. The van der Waals surface area contributed by atoms with Crippen molar-refractivity contribution in [1.82, 2.24) is 9.97 Å². The van der Waals surface area contributed by atoms with Gasteiger partial charge in [0.25, 0.3) is 6.43 Å². The molecule has 2 aromatic rings. The minimum Gasteiger partial charge on any atom is -0.258 e. The Morgan fingerprint density at radius 2 is 1.86 bits per heavy atom. The first-order valence-electron chi connectivity index (χ1n) is 5.56. The number of nitro benzene ring substituents is 1. The number of nitro groups is 1. The van der Waals surface area contributed by atoms with Crippen LogP contribution in [0.15, 0.2) is 18.5 Å². The number of hydrogen-bond donors (Lipinski definition) is 0. The number of halogens is 4. The van der Waals surface area contributed by atoms with Crippen molar-refractivity contribution < 1.29 is 22.5 Å². The molecule has 5 nitrogen and oxygen atoms in total. The lowest BCUT2D eigenvalue weighted by molar-refractivity contribution is -0.387. The van der Waals surface area contributed by atoms with Crippen LogP contribution in [0.3, 0.4) is 0 Å². The quantitative estimate of drug-likeness (QED) is 0.493. The standard InChI is InChI=1S/C12H7F4N3O2/c1-5-10(17-4-18-11(5)12(15)16)6-2-9(19(20)21)8(14)3-7(6)13/h2-4,12H,1H3. The van der Waals surface area contributed by atoms with E-state index in [0.29, 0.717) is 12.1 Å². The smallest absolute Gasteiger partial charge is 0.258 e. The van der Waals surface area contributed by atoms with Gasteiger partial charge in [-0.25, -0.2) is 23.1 Å². The van der Waals surface area contributed by atoms with Crippen molar-refractivity contribution in [3.63, 3.8) is 0 Å². The van der Waals surface area contributed by atoms with Crippen molar-refractivity contribution in [2.24, 2.45) is 0 Å². The Labute approximate surface area is 115 Å². The molecule has 1 aromatic carbocycles. The van der Waals surface area contributed by atoms with Crippen LogP contribution in [-0.2, 0) is 0 Å². The van der Waals surface area contributed by atoms with Gasteiger partial charge in [0.1, 0.15) is 17.8 Å². The Balaban J connectivity index is 2.70. The summed E-state index contributed by atoms with van der Waals surface area (Å²) in [5.41, 5.74) is -2.41. The number of aromatic nitrogens is 2. The maximum Gasteiger partial charge on any atom is 0.305 e. The van der Waals surface area contributed by atoms with Crippen molar-refractivity contribution in [3.8, 4) is 11.3 Å². The van der Waals surface area contributed by atoms with Gasteiger partial charge >= 0.3 is 5.69 Å². The van der Waals surface area contributed by atoms with Gasteiger partial charge in [-0.3, -0.25) is 10.1 Å². The zero-order valence-electron chi connectivity index (χ0n) is 10.5. The summed E-state index contributed by atoms with van der Waals surface area (Å²) in [4.78, 5) is 16.7. The van der Waals surface area contributed by atoms with Crippen LogP contribution in [0.5, 0.6) is 0 Å². The molecule has 1 heterocycles. The fourth-order valence-electron chi connectivity index (χ4n) is 1.81. The average molecular weight is 301 g/mol. The molecule has 0 aliphatic rings. The molecular formula is C12H7F4N3O2. The molecule has 9 heteroatoms. The van der Waals surface area contributed by atoms with Crippen LogP contribution >= 0.6 is 0 Å². The molecule has 0 saturated carbocycles. The molecule has 0 aliphatic carbocycles. The summed E-state index contributed by atoms with van der Waals surface area (Å²) < 4.78 is 52.5. The molecule has 0 saturated heterocycles. The predicted octanol–water partition coefficient (Wildman–Crippen LogP) is 3.58. The second-order valence-corrected chi connectivity index (χ2v) is 4.07. The molecule has 0 unspecified atom stereocenters. The number of benzene rings is 1. The van der Waals surface area contributed by atoms with Crippen LogP contribution in [0.4, 0.5) is 23.2 Å². The fraction of sp³-hybridized carbons (Fsp3) is 0.167. The predicted molar refractivity (Wildman–Crippen MR) is 63.7 cm³/mol. The number of nitrogens with zero attached hydrogens (tertiary/aromatic N) is 3. The van der Waals surface area contributed by atoms with Crippen molar-refractivity contribution in [3.05, 3.63) is 51.5 Å². The fourth-order valence-corrected chi connectivity index (χ4v) is 1.81. The highest BCUT2D eigenvalue weighted by molar-refractivity contribution is 5.67. The molecular weight excluding hydrogens is 294 g/mol. The van der Waals surface area contributed by atoms with Crippen LogP contribution in [0.1, 0.15) is 17.7 Å². The lowest BCUT2D eigenvalue weighted by Gasteiger charge is -2.09. The Hall–Kier alpha value is -2.58. The monoisotopic (exact) mass is 301 g/mol. The maximum absolute atomic E-state index is 13.8. The third-order valence-corrected chi connectivity index (χ3v) is 2.82. The first-order chi connectivity index (χ1) is 9.82. The minimum absolute atomic E-state index is 0.132. The molecule has 0 N–H and O–H groups in total. The molecule has 0 bridgehead atoms. The van der Waals surface area contributed by atoms with Gasteiger partial charge in [-0.2, -0.15) is 4.39 Å². The summed E-state index contributed by atoms with van der Waals surface area (Å²) in [5.74, 6) is -2.50.